The molecule has 0 bridgehead atoms. The number of carbonyl (C=O) groups is 1. The van der Waals surface area contributed by atoms with Crippen LogP contribution < -0.4 is 15.4 Å². The second-order valence-corrected chi connectivity index (χ2v) is 7.52. The minimum atomic E-state index is -0.390. The molecule has 3 heterocycles. The van der Waals surface area contributed by atoms with Gasteiger partial charge in [-0.3, -0.25) is 4.79 Å². The van der Waals surface area contributed by atoms with Gasteiger partial charge in [-0.25, -0.2) is 4.63 Å². The Morgan fingerprint density at radius 3 is 2.73 bits per heavy atom. The maximum absolute atomic E-state index is 12.5. The van der Waals surface area contributed by atoms with Crippen molar-refractivity contribution in [3.63, 3.8) is 0 Å². The van der Waals surface area contributed by atoms with Gasteiger partial charge in [-0.05, 0) is 63.5 Å². The first kappa shape index (κ1) is 20.1. The minimum Gasteiger partial charge on any atom is -0.491 e. The summed E-state index contributed by atoms with van der Waals surface area (Å²) in [6.45, 7) is 7.00. The van der Waals surface area contributed by atoms with E-state index in [1.54, 1.807) is 13.0 Å². The summed E-state index contributed by atoms with van der Waals surface area (Å²) in [5.41, 5.74) is 3.61. The molecule has 4 rings (SSSR count). The molecule has 0 saturated carbocycles. The van der Waals surface area contributed by atoms with Gasteiger partial charge in [0.2, 0.25) is 0 Å². The third kappa shape index (κ3) is 4.20. The van der Waals surface area contributed by atoms with Gasteiger partial charge in [0.25, 0.3) is 5.91 Å². The molecule has 158 valence electrons. The Balaban J connectivity index is 1.61. The number of ether oxygens (including phenoxy) is 1. The number of hydrogen-bond acceptors (Lipinski definition) is 8. The van der Waals surface area contributed by atoms with Crippen LogP contribution in [0, 0.1) is 20.8 Å². The molecule has 30 heavy (non-hydrogen) atoms. The van der Waals surface area contributed by atoms with Gasteiger partial charge in [0.15, 0.2) is 5.69 Å². The number of piperidine rings is 1. The Hall–Kier alpha value is -3.20. The molecule has 2 N–H and O–H groups in total. The minimum absolute atomic E-state index is 0.151. The lowest BCUT2D eigenvalue weighted by Gasteiger charge is -2.24. The topological polar surface area (TPSA) is 115 Å². The van der Waals surface area contributed by atoms with Crippen LogP contribution in [0.5, 0.6) is 5.75 Å². The van der Waals surface area contributed by atoms with Crippen LogP contribution in [0.15, 0.2) is 27.4 Å². The molecule has 0 spiro atoms. The van der Waals surface area contributed by atoms with Crippen molar-refractivity contribution in [3.8, 4) is 16.9 Å². The van der Waals surface area contributed by atoms with Crippen molar-refractivity contribution in [3.05, 3.63) is 41.0 Å². The summed E-state index contributed by atoms with van der Waals surface area (Å²) in [5.74, 6) is 1.01. The number of carbonyl (C=O) groups excluding carboxylic acids is 1. The molecule has 2 aromatic heterocycles. The second-order valence-electron chi connectivity index (χ2n) is 7.52. The maximum atomic E-state index is 12.5. The van der Waals surface area contributed by atoms with E-state index in [1.807, 2.05) is 26.0 Å². The summed E-state index contributed by atoms with van der Waals surface area (Å²) in [7, 11) is 0. The number of nitrogens with zero attached hydrogens (tertiary/aromatic N) is 3. The number of hydrogen-bond donors (Lipinski definition) is 2. The van der Waals surface area contributed by atoms with Gasteiger partial charge >= 0.3 is 0 Å². The quantitative estimate of drug-likeness (QED) is 0.634. The Morgan fingerprint density at radius 2 is 2.07 bits per heavy atom. The van der Waals surface area contributed by atoms with Gasteiger partial charge in [-0.1, -0.05) is 16.7 Å². The average Bonchev–Trinajstić information content (AvgIpc) is 3.32. The number of nitrogens with one attached hydrogen (secondary N) is 2. The maximum Gasteiger partial charge on any atom is 0.279 e. The summed E-state index contributed by atoms with van der Waals surface area (Å²) in [6, 6.07) is 5.84. The molecular weight excluding hydrogens is 386 g/mol. The van der Waals surface area contributed by atoms with E-state index in [0.29, 0.717) is 35.5 Å². The predicted molar refractivity (Wildman–Crippen MR) is 110 cm³/mol. The molecule has 0 radical (unpaired) electrons. The molecule has 1 unspecified atom stereocenters. The van der Waals surface area contributed by atoms with Gasteiger partial charge in [0, 0.05) is 17.3 Å². The molecule has 1 saturated heterocycles. The molecule has 3 aromatic rings. The van der Waals surface area contributed by atoms with Crippen molar-refractivity contribution >= 4 is 11.6 Å². The van der Waals surface area contributed by atoms with Crippen molar-refractivity contribution in [2.75, 3.05) is 18.5 Å². The van der Waals surface area contributed by atoms with Gasteiger partial charge in [0.1, 0.15) is 23.8 Å². The van der Waals surface area contributed by atoms with E-state index >= 15 is 0 Å². The molecular formula is C21H25N5O4. The van der Waals surface area contributed by atoms with E-state index in [4.69, 9.17) is 9.26 Å². The van der Waals surface area contributed by atoms with Crippen LogP contribution in [-0.2, 0) is 0 Å². The summed E-state index contributed by atoms with van der Waals surface area (Å²) in [6.07, 6.45) is 3.51. The van der Waals surface area contributed by atoms with Crippen LogP contribution in [0.25, 0.3) is 11.1 Å². The van der Waals surface area contributed by atoms with E-state index in [9.17, 15) is 4.79 Å². The number of aromatic nitrogens is 3. The summed E-state index contributed by atoms with van der Waals surface area (Å²) < 4.78 is 16.2. The number of rotatable bonds is 6. The Kier molecular flexibility index (Phi) is 5.80. The smallest absolute Gasteiger partial charge is 0.279 e. The molecule has 1 aliphatic heterocycles. The fourth-order valence-corrected chi connectivity index (χ4v) is 3.68. The zero-order chi connectivity index (χ0) is 21.1. The second kappa shape index (κ2) is 8.66. The molecule has 9 heteroatoms. The molecule has 1 amide bonds. The van der Waals surface area contributed by atoms with E-state index < -0.39 is 5.91 Å². The lowest BCUT2D eigenvalue weighted by atomic mass is 10.0. The van der Waals surface area contributed by atoms with Crippen LogP contribution in [0.3, 0.4) is 0 Å². The van der Waals surface area contributed by atoms with E-state index in [-0.39, 0.29) is 5.69 Å². The zero-order valence-electron chi connectivity index (χ0n) is 17.3. The molecule has 9 nitrogen and oxygen atoms in total. The zero-order valence-corrected chi connectivity index (χ0v) is 17.3. The highest BCUT2D eigenvalue weighted by Gasteiger charge is 2.21. The third-order valence-corrected chi connectivity index (χ3v) is 5.26. The highest BCUT2D eigenvalue weighted by atomic mass is 16.6. The summed E-state index contributed by atoms with van der Waals surface area (Å²) in [5, 5.41) is 17.7. The lowest BCUT2D eigenvalue weighted by Crippen LogP contribution is -2.38. The molecule has 1 aliphatic rings. The van der Waals surface area contributed by atoms with Crippen molar-refractivity contribution in [2.45, 2.75) is 46.1 Å². The first-order valence-electron chi connectivity index (χ1n) is 10.1. The fraction of sp³-hybridized carbons (Fsp3) is 0.429. The highest BCUT2D eigenvalue weighted by Crippen LogP contribution is 2.37. The van der Waals surface area contributed by atoms with Crippen molar-refractivity contribution in [2.24, 2.45) is 0 Å². The van der Waals surface area contributed by atoms with E-state index in [2.05, 4.69) is 30.7 Å². The average molecular weight is 411 g/mol. The first-order valence-corrected chi connectivity index (χ1v) is 10.1. The largest absolute Gasteiger partial charge is 0.491 e. The van der Waals surface area contributed by atoms with Crippen LogP contribution in [0.1, 0.15) is 46.9 Å². The van der Waals surface area contributed by atoms with Crippen molar-refractivity contribution < 1.29 is 18.7 Å². The van der Waals surface area contributed by atoms with E-state index in [0.717, 1.165) is 29.8 Å². The normalized spacial score (nSPS) is 16.4. The third-order valence-electron chi connectivity index (χ3n) is 5.26. The van der Waals surface area contributed by atoms with Gasteiger partial charge in [-0.15, -0.1) is 0 Å². The monoisotopic (exact) mass is 411 g/mol. The molecule has 1 atom stereocenters. The first-order chi connectivity index (χ1) is 14.5. The fourth-order valence-electron chi connectivity index (χ4n) is 3.68. The number of aryl methyl sites for hydroxylation is 3. The van der Waals surface area contributed by atoms with Crippen LogP contribution in [-0.4, -0.2) is 40.6 Å². The Morgan fingerprint density at radius 1 is 1.20 bits per heavy atom. The van der Waals surface area contributed by atoms with Crippen LogP contribution >= 0.6 is 0 Å². The number of amides is 1. The number of benzene rings is 1. The summed E-state index contributed by atoms with van der Waals surface area (Å²) in [4.78, 5) is 12.5. The standard InChI is InChI=1S/C21H25N5O4/c1-12-19(14(3)29-24-12)17-10-15(23-21(27)20-13(2)25-30-26-20)7-8-18(17)28-11-16-6-4-5-9-22-16/h7-8,10,16,22H,4-6,9,11H2,1-3H3,(H,23,27). The number of anilines is 1. The van der Waals surface area contributed by atoms with Crippen LogP contribution in [0.2, 0.25) is 0 Å². The molecule has 1 aromatic carbocycles. The van der Waals surface area contributed by atoms with Gasteiger partial charge in [-0.2, -0.15) is 0 Å². The molecule has 1 fully saturated rings. The van der Waals surface area contributed by atoms with E-state index in [1.165, 1.54) is 12.8 Å². The Labute approximate surface area is 174 Å². The predicted octanol–water partition coefficient (Wildman–Crippen LogP) is 3.42. The highest BCUT2D eigenvalue weighted by molar-refractivity contribution is 6.03. The molecule has 0 aliphatic carbocycles. The van der Waals surface area contributed by atoms with Crippen molar-refractivity contribution in [1.29, 1.82) is 0 Å². The van der Waals surface area contributed by atoms with Gasteiger partial charge in [0.05, 0.1) is 11.3 Å². The van der Waals surface area contributed by atoms with Crippen molar-refractivity contribution in [1.82, 2.24) is 20.8 Å². The van der Waals surface area contributed by atoms with Gasteiger partial charge < -0.3 is 19.9 Å². The lowest BCUT2D eigenvalue weighted by molar-refractivity contribution is 0.101. The SMILES string of the molecule is Cc1nonc1C(=O)Nc1ccc(OCC2CCCCN2)c(-c2c(C)noc2C)c1. The summed E-state index contributed by atoms with van der Waals surface area (Å²) >= 11 is 0. The van der Waals surface area contributed by atoms with Crippen LogP contribution in [0.4, 0.5) is 5.69 Å². The Bertz CT molecular complexity index is 1020.